The van der Waals surface area contributed by atoms with E-state index < -0.39 is 15.6 Å². The second-order valence-electron chi connectivity index (χ2n) is 5.41. The van der Waals surface area contributed by atoms with E-state index in [0.29, 0.717) is 6.42 Å². The Morgan fingerprint density at radius 2 is 2.09 bits per heavy atom. The molecule has 1 aromatic carbocycles. The molecular formula is C16H21NO5S. The third-order valence-electron chi connectivity index (χ3n) is 3.58. The van der Waals surface area contributed by atoms with E-state index in [0.717, 1.165) is 5.56 Å². The van der Waals surface area contributed by atoms with Crippen molar-refractivity contribution in [2.45, 2.75) is 30.8 Å². The summed E-state index contributed by atoms with van der Waals surface area (Å²) in [6, 6.07) is 8.23. The summed E-state index contributed by atoms with van der Waals surface area (Å²) in [5, 5.41) is 10.4. The fourth-order valence-corrected chi connectivity index (χ4v) is 3.49. The van der Waals surface area contributed by atoms with Crippen LogP contribution in [0.1, 0.15) is 25.2 Å². The van der Waals surface area contributed by atoms with E-state index in [-0.39, 0.29) is 22.9 Å². The quantitative estimate of drug-likeness (QED) is 0.806. The van der Waals surface area contributed by atoms with Crippen molar-refractivity contribution in [2.24, 2.45) is 0 Å². The number of furan rings is 1. The minimum Gasteiger partial charge on any atom is -0.495 e. The predicted octanol–water partition coefficient (Wildman–Crippen LogP) is 2.04. The predicted molar refractivity (Wildman–Crippen MR) is 85.8 cm³/mol. The van der Waals surface area contributed by atoms with E-state index in [1.807, 2.05) is 13.0 Å². The van der Waals surface area contributed by atoms with E-state index in [1.54, 1.807) is 24.3 Å². The van der Waals surface area contributed by atoms with Crippen LogP contribution < -0.4 is 9.46 Å². The van der Waals surface area contributed by atoms with Gasteiger partial charge in [-0.05, 0) is 43.2 Å². The van der Waals surface area contributed by atoms with Crippen molar-refractivity contribution >= 4 is 10.0 Å². The molecule has 1 unspecified atom stereocenters. The molecule has 2 rings (SSSR count). The summed E-state index contributed by atoms with van der Waals surface area (Å²) in [5.74, 6) is 0.543. The molecule has 1 heterocycles. The van der Waals surface area contributed by atoms with Crippen LogP contribution in [0.3, 0.4) is 0 Å². The molecule has 0 aliphatic rings. The minimum atomic E-state index is -3.84. The maximum atomic E-state index is 12.6. The summed E-state index contributed by atoms with van der Waals surface area (Å²) < 4.78 is 37.8. The molecule has 126 valence electrons. The number of rotatable bonds is 7. The monoisotopic (exact) mass is 339 g/mol. The largest absolute Gasteiger partial charge is 0.495 e. The van der Waals surface area contributed by atoms with E-state index in [2.05, 4.69) is 4.72 Å². The number of nitrogens with one attached hydrogen (secondary N) is 1. The Labute approximate surface area is 136 Å². The van der Waals surface area contributed by atoms with Gasteiger partial charge in [0.2, 0.25) is 10.0 Å². The van der Waals surface area contributed by atoms with Crippen molar-refractivity contribution in [3.05, 3.63) is 47.9 Å². The van der Waals surface area contributed by atoms with Crippen LogP contribution in [0.4, 0.5) is 0 Å². The van der Waals surface area contributed by atoms with Crippen LogP contribution in [0.25, 0.3) is 0 Å². The van der Waals surface area contributed by atoms with Crippen LogP contribution in [0.2, 0.25) is 0 Å². The van der Waals surface area contributed by atoms with Gasteiger partial charge in [0.15, 0.2) is 0 Å². The van der Waals surface area contributed by atoms with Gasteiger partial charge >= 0.3 is 0 Å². The average molecular weight is 339 g/mol. The van der Waals surface area contributed by atoms with E-state index in [9.17, 15) is 13.5 Å². The summed E-state index contributed by atoms with van der Waals surface area (Å²) >= 11 is 0. The number of ether oxygens (including phenoxy) is 1. The van der Waals surface area contributed by atoms with Crippen LogP contribution in [-0.2, 0) is 22.0 Å². The second-order valence-corrected chi connectivity index (χ2v) is 7.15. The van der Waals surface area contributed by atoms with E-state index >= 15 is 0 Å². The van der Waals surface area contributed by atoms with Gasteiger partial charge in [-0.3, -0.25) is 0 Å². The molecular weight excluding hydrogens is 318 g/mol. The van der Waals surface area contributed by atoms with E-state index in [4.69, 9.17) is 9.15 Å². The first-order valence-electron chi connectivity index (χ1n) is 7.23. The molecule has 0 spiro atoms. The van der Waals surface area contributed by atoms with Crippen LogP contribution >= 0.6 is 0 Å². The summed E-state index contributed by atoms with van der Waals surface area (Å²) in [4.78, 5) is 0.0506. The van der Waals surface area contributed by atoms with Gasteiger partial charge in [0.1, 0.15) is 22.0 Å². The van der Waals surface area contributed by atoms with Gasteiger partial charge in [-0.15, -0.1) is 0 Å². The Morgan fingerprint density at radius 3 is 2.65 bits per heavy atom. The van der Waals surface area contributed by atoms with Gasteiger partial charge in [-0.2, -0.15) is 0 Å². The standard InChI is InChI=1S/C16H21NO5S/c1-4-12-7-8-13(21-3)14(10-12)23(19,20)17-11-16(2,18)15-6-5-9-22-15/h5-10,17-18H,4,11H2,1-3H3. The van der Waals surface area contributed by atoms with Crippen molar-refractivity contribution < 1.29 is 22.7 Å². The second kappa shape index (κ2) is 6.74. The summed E-state index contributed by atoms with van der Waals surface area (Å²) in [5.41, 5.74) is -0.574. The first kappa shape index (κ1) is 17.5. The van der Waals surface area contributed by atoms with Crippen LogP contribution in [0.15, 0.2) is 45.9 Å². The number of methoxy groups -OCH3 is 1. The third-order valence-corrected chi connectivity index (χ3v) is 5.01. The SMILES string of the molecule is CCc1ccc(OC)c(S(=O)(=O)NCC(C)(O)c2ccco2)c1. The van der Waals surface area contributed by atoms with Gasteiger partial charge in [-0.25, -0.2) is 13.1 Å². The molecule has 1 aromatic heterocycles. The highest BCUT2D eigenvalue weighted by Crippen LogP contribution is 2.26. The summed E-state index contributed by atoms with van der Waals surface area (Å²) in [7, 11) is -2.42. The maximum absolute atomic E-state index is 12.6. The topological polar surface area (TPSA) is 88.8 Å². The van der Waals surface area contributed by atoms with Gasteiger partial charge in [-0.1, -0.05) is 13.0 Å². The van der Waals surface area contributed by atoms with Crippen LogP contribution in [0.5, 0.6) is 5.75 Å². The molecule has 7 heteroatoms. The van der Waals surface area contributed by atoms with Crippen molar-refractivity contribution in [1.82, 2.24) is 4.72 Å². The number of aryl methyl sites for hydroxylation is 1. The number of hydrogen-bond donors (Lipinski definition) is 2. The molecule has 0 aliphatic carbocycles. The van der Waals surface area contributed by atoms with Gasteiger partial charge in [0, 0.05) is 6.54 Å². The molecule has 0 fully saturated rings. The average Bonchev–Trinajstić information content (AvgIpc) is 3.08. The number of benzene rings is 1. The number of hydrogen-bond acceptors (Lipinski definition) is 5. The highest BCUT2D eigenvalue weighted by Gasteiger charge is 2.29. The molecule has 6 nitrogen and oxygen atoms in total. The molecule has 0 amide bonds. The number of sulfonamides is 1. The lowest BCUT2D eigenvalue weighted by Crippen LogP contribution is -2.38. The lowest BCUT2D eigenvalue weighted by Gasteiger charge is -2.21. The fraction of sp³-hybridized carbons (Fsp3) is 0.375. The lowest BCUT2D eigenvalue weighted by atomic mass is 10.1. The molecule has 0 saturated heterocycles. The van der Waals surface area contributed by atoms with Crippen LogP contribution in [0, 0.1) is 0 Å². The summed E-state index contributed by atoms with van der Waals surface area (Å²) in [6.45, 7) is 3.20. The molecule has 0 aliphatic heterocycles. The highest BCUT2D eigenvalue weighted by atomic mass is 32.2. The zero-order valence-electron chi connectivity index (χ0n) is 13.4. The minimum absolute atomic E-state index is 0.0506. The Morgan fingerprint density at radius 1 is 1.35 bits per heavy atom. The van der Waals surface area contributed by atoms with Gasteiger partial charge < -0.3 is 14.3 Å². The summed E-state index contributed by atoms with van der Waals surface area (Å²) in [6.07, 6.45) is 2.13. The molecule has 23 heavy (non-hydrogen) atoms. The van der Waals surface area contributed by atoms with Crippen LogP contribution in [-0.4, -0.2) is 27.2 Å². The maximum Gasteiger partial charge on any atom is 0.244 e. The molecule has 1 atom stereocenters. The Balaban J connectivity index is 2.25. The normalized spacial score (nSPS) is 14.4. The zero-order chi connectivity index (χ0) is 17.1. The first-order valence-corrected chi connectivity index (χ1v) is 8.71. The molecule has 2 N–H and O–H groups in total. The highest BCUT2D eigenvalue weighted by molar-refractivity contribution is 7.89. The zero-order valence-corrected chi connectivity index (χ0v) is 14.2. The fourth-order valence-electron chi connectivity index (χ4n) is 2.14. The van der Waals surface area contributed by atoms with Gasteiger partial charge in [0.25, 0.3) is 0 Å². The first-order chi connectivity index (χ1) is 10.8. The molecule has 0 radical (unpaired) electrons. The van der Waals surface area contributed by atoms with Crippen molar-refractivity contribution in [2.75, 3.05) is 13.7 Å². The lowest BCUT2D eigenvalue weighted by molar-refractivity contribution is 0.0395. The third kappa shape index (κ3) is 3.93. The Bertz CT molecular complexity index is 751. The molecule has 0 bridgehead atoms. The van der Waals surface area contributed by atoms with E-state index in [1.165, 1.54) is 20.3 Å². The van der Waals surface area contributed by atoms with Gasteiger partial charge in [0.05, 0.1) is 13.4 Å². The number of aliphatic hydroxyl groups is 1. The molecule has 2 aromatic rings. The van der Waals surface area contributed by atoms with Crippen molar-refractivity contribution in [3.63, 3.8) is 0 Å². The van der Waals surface area contributed by atoms with Crippen molar-refractivity contribution in [1.29, 1.82) is 0 Å². The Hall–Kier alpha value is -1.83. The molecule has 0 saturated carbocycles. The smallest absolute Gasteiger partial charge is 0.244 e. The van der Waals surface area contributed by atoms with Crippen molar-refractivity contribution in [3.8, 4) is 5.75 Å². The Kier molecular flexibility index (Phi) is 5.13.